The molecule has 1 saturated heterocycles. The highest BCUT2D eigenvalue weighted by Gasteiger charge is 2.48. The van der Waals surface area contributed by atoms with Gasteiger partial charge in [0.2, 0.25) is 5.13 Å². The lowest BCUT2D eigenvalue weighted by molar-refractivity contribution is -0.132. The second-order valence-corrected chi connectivity index (χ2v) is 11.8. The molecule has 1 aliphatic rings. The van der Waals surface area contributed by atoms with Crippen LogP contribution in [-0.4, -0.2) is 40.2 Å². The topological polar surface area (TPSA) is 102 Å². The minimum Gasteiger partial charge on any atom is -0.507 e. The first-order valence-electron chi connectivity index (χ1n) is 13.7. The van der Waals surface area contributed by atoms with Crippen molar-refractivity contribution >= 4 is 45.7 Å². The third kappa shape index (κ3) is 6.34. The number of anilines is 1. The summed E-state index contributed by atoms with van der Waals surface area (Å²) in [6, 6.07) is 21.3. The SMILES string of the molecule is CCCOc1ccc(/C(O)=C2/C(=O)C(=O)N(c3nnc(SCc4ccc(C)cc4)s3)C2c2ccc(OCC)cc2)cc1. The van der Waals surface area contributed by atoms with Crippen molar-refractivity contribution in [3.8, 4) is 11.5 Å². The number of hydrogen-bond donors (Lipinski definition) is 1. The third-order valence-electron chi connectivity index (χ3n) is 6.64. The Balaban J connectivity index is 1.50. The summed E-state index contributed by atoms with van der Waals surface area (Å²) >= 11 is 2.74. The Labute approximate surface area is 253 Å². The molecule has 1 aromatic heterocycles. The number of ketones is 1. The number of aliphatic hydroxyl groups is 1. The van der Waals surface area contributed by atoms with Crippen molar-refractivity contribution < 1.29 is 24.2 Å². The summed E-state index contributed by atoms with van der Waals surface area (Å²) in [5.74, 6) is 0.170. The van der Waals surface area contributed by atoms with E-state index in [9.17, 15) is 14.7 Å². The highest BCUT2D eigenvalue weighted by Crippen LogP contribution is 2.44. The van der Waals surface area contributed by atoms with E-state index in [0.29, 0.717) is 45.9 Å². The van der Waals surface area contributed by atoms with Gasteiger partial charge in [-0.2, -0.15) is 0 Å². The summed E-state index contributed by atoms with van der Waals surface area (Å²) in [5.41, 5.74) is 3.34. The van der Waals surface area contributed by atoms with Gasteiger partial charge in [-0.25, -0.2) is 0 Å². The van der Waals surface area contributed by atoms with Gasteiger partial charge in [0.05, 0.1) is 24.8 Å². The standard InChI is InChI=1S/C32H31N3O5S2/c1-4-18-40-25-16-12-23(13-17-25)28(36)26-27(22-10-14-24(15-11-22)39-5-2)35(30(38)29(26)37)31-33-34-32(42-31)41-19-21-8-6-20(3)7-9-21/h6-17,27,36H,4-5,18-19H2,1-3H3/b28-26-. The molecule has 0 saturated carbocycles. The van der Waals surface area contributed by atoms with Crippen molar-refractivity contribution in [3.63, 3.8) is 0 Å². The van der Waals surface area contributed by atoms with E-state index >= 15 is 0 Å². The van der Waals surface area contributed by atoms with Gasteiger partial charge in [-0.1, -0.05) is 72.0 Å². The van der Waals surface area contributed by atoms with Crippen LogP contribution in [0, 0.1) is 6.92 Å². The van der Waals surface area contributed by atoms with Gasteiger partial charge in [-0.05, 0) is 67.8 Å². The van der Waals surface area contributed by atoms with E-state index in [-0.39, 0.29) is 16.5 Å². The maximum Gasteiger partial charge on any atom is 0.301 e. The van der Waals surface area contributed by atoms with Crippen LogP contribution in [0.1, 0.15) is 48.6 Å². The van der Waals surface area contributed by atoms with E-state index in [1.807, 2.05) is 20.8 Å². The molecule has 2 heterocycles. The van der Waals surface area contributed by atoms with Crippen LogP contribution in [0.2, 0.25) is 0 Å². The predicted molar refractivity (Wildman–Crippen MR) is 165 cm³/mol. The Kier molecular flexibility index (Phi) is 9.24. The Morgan fingerprint density at radius 3 is 2.26 bits per heavy atom. The fourth-order valence-electron chi connectivity index (χ4n) is 4.53. The summed E-state index contributed by atoms with van der Waals surface area (Å²) < 4.78 is 11.9. The van der Waals surface area contributed by atoms with Gasteiger partial charge in [-0.15, -0.1) is 10.2 Å². The lowest BCUT2D eigenvalue weighted by atomic mass is 9.95. The van der Waals surface area contributed by atoms with E-state index in [0.717, 1.165) is 12.0 Å². The molecular weight excluding hydrogens is 571 g/mol. The van der Waals surface area contributed by atoms with Gasteiger partial charge in [-0.3, -0.25) is 14.5 Å². The lowest BCUT2D eigenvalue weighted by Crippen LogP contribution is -2.29. The number of nitrogens with zero attached hydrogens (tertiary/aromatic N) is 3. The van der Waals surface area contributed by atoms with Crippen molar-refractivity contribution in [2.45, 2.75) is 43.3 Å². The van der Waals surface area contributed by atoms with Crippen LogP contribution in [0.15, 0.2) is 82.7 Å². The van der Waals surface area contributed by atoms with Gasteiger partial charge in [0, 0.05) is 11.3 Å². The van der Waals surface area contributed by atoms with E-state index in [1.54, 1.807) is 48.5 Å². The lowest BCUT2D eigenvalue weighted by Gasteiger charge is -2.22. The molecule has 216 valence electrons. The van der Waals surface area contributed by atoms with Crippen molar-refractivity contribution in [1.29, 1.82) is 0 Å². The van der Waals surface area contributed by atoms with Crippen molar-refractivity contribution in [2.24, 2.45) is 0 Å². The summed E-state index contributed by atoms with van der Waals surface area (Å²) in [6.07, 6.45) is 0.866. The number of aryl methyl sites for hydroxylation is 1. The summed E-state index contributed by atoms with van der Waals surface area (Å²) in [6.45, 7) is 7.03. The summed E-state index contributed by atoms with van der Waals surface area (Å²) in [7, 11) is 0. The third-order valence-corrected chi connectivity index (χ3v) is 8.76. The van der Waals surface area contributed by atoms with Crippen LogP contribution >= 0.6 is 23.1 Å². The van der Waals surface area contributed by atoms with E-state index in [1.165, 1.54) is 33.6 Å². The van der Waals surface area contributed by atoms with Gasteiger partial charge in [0.15, 0.2) is 4.34 Å². The first-order chi connectivity index (χ1) is 20.4. The number of aromatic nitrogens is 2. The summed E-state index contributed by atoms with van der Waals surface area (Å²) in [5, 5.41) is 20.3. The number of amides is 1. The molecule has 3 aromatic carbocycles. The quantitative estimate of drug-likeness (QED) is 0.0648. The molecule has 0 radical (unpaired) electrons. The summed E-state index contributed by atoms with van der Waals surface area (Å²) in [4.78, 5) is 28.3. The highest BCUT2D eigenvalue weighted by atomic mass is 32.2. The number of Topliss-reactive ketones (excluding diaryl/α,β-unsaturated/α-hetero) is 1. The fourth-order valence-corrected chi connectivity index (χ4v) is 6.35. The fraction of sp³-hybridized carbons (Fsp3) is 0.250. The molecule has 8 nitrogen and oxygen atoms in total. The van der Waals surface area contributed by atoms with Crippen LogP contribution in [0.5, 0.6) is 11.5 Å². The molecule has 1 N–H and O–H groups in total. The number of benzene rings is 3. The largest absolute Gasteiger partial charge is 0.507 e. The van der Waals surface area contributed by atoms with E-state index < -0.39 is 17.7 Å². The number of carbonyl (C=O) groups is 2. The molecule has 0 spiro atoms. The molecule has 5 rings (SSSR count). The molecule has 0 aliphatic carbocycles. The minimum absolute atomic E-state index is 0.0181. The van der Waals surface area contributed by atoms with Crippen LogP contribution in [0.25, 0.3) is 5.76 Å². The first kappa shape index (κ1) is 29.3. The number of carbonyl (C=O) groups excluding carboxylic acids is 2. The van der Waals surface area contributed by atoms with Gasteiger partial charge < -0.3 is 14.6 Å². The zero-order chi connectivity index (χ0) is 29.6. The molecule has 10 heteroatoms. The Hall–Kier alpha value is -4.15. The van der Waals surface area contributed by atoms with Crippen LogP contribution < -0.4 is 14.4 Å². The molecule has 1 aliphatic heterocycles. The second kappa shape index (κ2) is 13.2. The highest BCUT2D eigenvalue weighted by molar-refractivity contribution is 8.00. The number of thioether (sulfide) groups is 1. The van der Waals surface area contributed by atoms with Gasteiger partial charge in [0.25, 0.3) is 5.78 Å². The van der Waals surface area contributed by atoms with Crippen LogP contribution in [0.3, 0.4) is 0 Å². The van der Waals surface area contributed by atoms with Gasteiger partial charge >= 0.3 is 5.91 Å². The smallest absolute Gasteiger partial charge is 0.301 e. The minimum atomic E-state index is -0.903. The predicted octanol–water partition coefficient (Wildman–Crippen LogP) is 6.95. The Morgan fingerprint density at radius 1 is 0.929 bits per heavy atom. The normalized spacial score (nSPS) is 16.2. The van der Waals surface area contributed by atoms with Gasteiger partial charge in [0.1, 0.15) is 17.3 Å². The molecule has 1 fully saturated rings. The van der Waals surface area contributed by atoms with Crippen molar-refractivity contribution in [2.75, 3.05) is 18.1 Å². The zero-order valence-electron chi connectivity index (χ0n) is 23.6. The second-order valence-electron chi connectivity index (χ2n) is 9.67. The first-order valence-corrected chi connectivity index (χ1v) is 15.5. The van der Waals surface area contributed by atoms with Crippen molar-refractivity contribution in [1.82, 2.24) is 10.2 Å². The number of rotatable bonds is 11. The van der Waals surface area contributed by atoms with Crippen LogP contribution in [0.4, 0.5) is 5.13 Å². The number of hydrogen-bond acceptors (Lipinski definition) is 9. The number of ether oxygens (including phenoxy) is 2. The Bertz CT molecular complexity index is 1580. The van der Waals surface area contributed by atoms with Crippen molar-refractivity contribution in [3.05, 3.63) is 101 Å². The molecule has 1 unspecified atom stereocenters. The maximum atomic E-state index is 13.5. The molecule has 4 aromatic rings. The molecule has 42 heavy (non-hydrogen) atoms. The zero-order valence-corrected chi connectivity index (χ0v) is 25.2. The van der Waals surface area contributed by atoms with E-state index in [2.05, 4.69) is 34.5 Å². The Morgan fingerprint density at radius 2 is 1.60 bits per heavy atom. The van der Waals surface area contributed by atoms with Crippen LogP contribution in [-0.2, 0) is 15.3 Å². The monoisotopic (exact) mass is 601 g/mol. The molecule has 0 bridgehead atoms. The molecule has 1 amide bonds. The average molecular weight is 602 g/mol. The average Bonchev–Trinajstić information content (AvgIpc) is 3.58. The maximum absolute atomic E-state index is 13.5. The van der Waals surface area contributed by atoms with E-state index in [4.69, 9.17) is 9.47 Å². The molecule has 1 atom stereocenters. The molecular formula is C32H31N3O5S2. The number of aliphatic hydroxyl groups excluding tert-OH is 1.